The first-order valence-electron chi connectivity index (χ1n) is 5.38. The minimum absolute atomic E-state index is 0.0150. The lowest BCUT2D eigenvalue weighted by atomic mass is 10.1. The highest BCUT2D eigenvalue weighted by Crippen LogP contribution is 1.97. The Morgan fingerprint density at radius 1 is 1.11 bits per heavy atom. The quantitative estimate of drug-likeness (QED) is 0.292. The summed E-state index contributed by atoms with van der Waals surface area (Å²) in [5.41, 5.74) is 0. The molecule has 0 fully saturated rings. The third-order valence-corrected chi connectivity index (χ3v) is 2.10. The maximum atomic E-state index is 11.5. The van der Waals surface area contributed by atoms with Crippen LogP contribution >= 0.6 is 0 Å². The Kier molecular flexibility index (Phi) is 7.91. The van der Waals surface area contributed by atoms with Crippen LogP contribution in [-0.4, -0.2) is 47.1 Å². The lowest BCUT2D eigenvalue weighted by Gasteiger charge is -2.14. The number of carbonyl (C=O) groups is 4. The van der Waals surface area contributed by atoms with Crippen LogP contribution in [0.25, 0.3) is 0 Å². The van der Waals surface area contributed by atoms with Gasteiger partial charge in [-0.25, -0.2) is 0 Å². The van der Waals surface area contributed by atoms with Gasteiger partial charge >= 0.3 is 11.9 Å². The van der Waals surface area contributed by atoms with Crippen molar-refractivity contribution in [3.8, 4) is 0 Å². The zero-order valence-electron chi connectivity index (χ0n) is 9.72. The molecule has 0 saturated carbocycles. The summed E-state index contributed by atoms with van der Waals surface area (Å²) in [5.74, 6) is -2.54. The summed E-state index contributed by atoms with van der Waals surface area (Å²) in [6.07, 6.45) is 0.269. The Morgan fingerprint density at radius 3 is 2.22 bits per heavy atom. The highest BCUT2D eigenvalue weighted by atomic mass is 16.4. The fraction of sp³-hybridized carbons (Fsp3) is 0.600. The van der Waals surface area contributed by atoms with E-state index in [0.717, 1.165) is 0 Å². The second-order valence-corrected chi connectivity index (χ2v) is 3.56. The summed E-state index contributed by atoms with van der Waals surface area (Å²) in [6, 6.07) is -0.913. The SMILES string of the molecule is O=CNC(CCC(=O)O)C(=O)NCCCC(=O)O. The zero-order chi connectivity index (χ0) is 14.0. The van der Waals surface area contributed by atoms with Crippen molar-refractivity contribution in [1.82, 2.24) is 10.6 Å². The number of rotatable bonds is 10. The van der Waals surface area contributed by atoms with Crippen molar-refractivity contribution in [1.29, 1.82) is 0 Å². The molecule has 0 aromatic rings. The van der Waals surface area contributed by atoms with Crippen LogP contribution in [0.3, 0.4) is 0 Å². The van der Waals surface area contributed by atoms with Crippen LogP contribution < -0.4 is 10.6 Å². The maximum absolute atomic E-state index is 11.5. The van der Waals surface area contributed by atoms with Gasteiger partial charge in [-0.2, -0.15) is 0 Å². The van der Waals surface area contributed by atoms with Crippen LogP contribution in [0.1, 0.15) is 25.7 Å². The molecule has 8 heteroatoms. The molecule has 18 heavy (non-hydrogen) atoms. The number of carboxylic acids is 2. The number of aliphatic carboxylic acids is 2. The van der Waals surface area contributed by atoms with Crippen LogP contribution in [0, 0.1) is 0 Å². The smallest absolute Gasteiger partial charge is 0.303 e. The van der Waals surface area contributed by atoms with Crippen LogP contribution in [0.15, 0.2) is 0 Å². The monoisotopic (exact) mass is 260 g/mol. The van der Waals surface area contributed by atoms with Crippen LogP contribution in [0.4, 0.5) is 0 Å². The summed E-state index contributed by atoms with van der Waals surface area (Å²) < 4.78 is 0. The molecule has 2 amide bonds. The van der Waals surface area contributed by atoms with E-state index >= 15 is 0 Å². The van der Waals surface area contributed by atoms with Gasteiger partial charge in [-0.1, -0.05) is 0 Å². The standard InChI is InChI=1S/C10H16N2O6/c13-6-12-7(3-4-9(16)17)10(18)11-5-1-2-8(14)15/h6-7H,1-5H2,(H,11,18)(H,12,13)(H,14,15)(H,16,17). The summed E-state index contributed by atoms with van der Waals surface area (Å²) in [4.78, 5) is 42.4. The molecule has 0 aliphatic heterocycles. The molecule has 0 aliphatic carbocycles. The lowest BCUT2D eigenvalue weighted by molar-refractivity contribution is -0.138. The fourth-order valence-corrected chi connectivity index (χ4v) is 1.21. The third-order valence-electron chi connectivity index (χ3n) is 2.10. The fourth-order valence-electron chi connectivity index (χ4n) is 1.21. The van der Waals surface area contributed by atoms with Crippen LogP contribution in [-0.2, 0) is 19.2 Å². The van der Waals surface area contributed by atoms with E-state index in [4.69, 9.17) is 10.2 Å². The Labute approximate surface area is 103 Å². The van der Waals surface area contributed by atoms with E-state index in [1.165, 1.54) is 0 Å². The van der Waals surface area contributed by atoms with Crippen molar-refractivity contribution in [3.63, 3.8) is 0 Å². The molecule has 4 N–H and O–H groups in total. The topological polar surface area (TPSA) is 133 Å². The van der Waals surface area contributed by atoms with E-state index in [-0.39, 0.29) is 32.2 Å². The van der Waals surface area contributed by atoms with E-state index in [9.17, 15) is 19.2 Å². The lowest BCUT2D eigenvalue weighted by Crippen LogP contribution is -2.44. The first kappa shape index (κ1) is 15.9. The minimum Gasteiger partial charge on any atom is -0.481 e. The van der Waals surface area contributed by atoms with Gasteiger partial charge in [0.1, 0.15) is 6.04 Å². The van der Waals surface area contributed by atoms with Crippen molar-refractivity contribution in [2.75, 3.05) is 6.54 Å². The molecule has 0 bridgehead atoms. The highest BCUT2D eigenvalue weighted by Gasteiger charge is 2.18. The van der Waals surface area contributed by atoms with Gasteiger partial charge in [0.2, 0.25) is 12.3 Å². The Balaban J connectivity index is 4.01. The molecule has 1 unspecified atom stereocenters. The Bertz CT molecular complexity index is 317. The van der Waals surface area contributed by atoms with E-state index < -0.39 is 23.9 Å². The number of carboxylic acid groups (broad SMARTS) is 2. The number of amides is 2. The molecule has 0 radical (unpaired) electrons. The predicted molar refractivity (Wildman–Crippen MR) is 59.7 cm³/mol. The molecular weight excluding hydrogens is 244 g/mol. The van der Waals surface area contributed by atoms with E-state index in [2.05, 4.69) is 10.6 Å². The first-order chi connectivity index (χ1) is 8.47. The predicted octanol–water partition coefficient (Wildman–Crippen LogP) is -1.05. The molecule has 0 aromatic carbocycles. The molecule has 102 valence electrons. The van der Waals surface area contributed by atoms with Crippen molar-refractivity contribution in [2.45, 2.75) is 31.7 Å². The van der Waals surface area contributed by atoms with Crippen molar-refractivity contribution < 1.29 is 29.4 Å². The molecule has 0 aliphatic rings. The number of carbonyl (C=O) groups excluding carboxylic acids is 2. The van der Waals surface area contributed by atoms with Gasteiger partial charge in [0.05, 0.1) is 0 Å². The van der Waals surface area contributed by atoms with Gasteiger partial charge in [-0.3, -0.25) is 19.2 Å². The Morgan fingerprint density at radius 2 is 1.72 bits per heavy atom. The number of hydrogen-bond acceptors (Lipinski definition) is 4. The largest absolute Gasteiger partial charge is 0.481 e. The molecule has 8 nitrogen and oxygen atoms in total. The molecule has 0 saturated heterocycles. The normalized spacial score (nSPS) is 11.3. The maximum Gasteiger partial charge on any atom is 0.303 e. The second kappa shape index (κ2) is 8.97. The van der Waals surface area contributed by atoms with Crippen molar-refractivity contribution in [2.24, 2.45) is 0 Å². The number of hydrogen-bond donors (Lipinski definition) is 4. The highest BCUT2D eigenvalue weighted by molar-refractivity contribution is 5.84. The molecule has 0 heterocycles. The van der Waals surface area contributed by atoms with E-state index in [1.54, 1.807) is 0 Å². The van der Waals surface area contributed by atoms with Gasteiger partial charge in [-0.05, 0) is 12.8 Å². The second-order valence-electron chi connectivity index (χ2n) is 3.56. The van der Waals surface area contributed by atoms with Gasteiger partial charge < -0.3 is 20.8 Å². The van der Waals surface area contributed by atoms with Gasteiger partial charge in [-0.15, -0.1) is 0 Å². The molecular formula is C10H16N2O6. The summed E-state index contributed by atoms with van der Waals surface area (Å²) in [6.45, 7) is 0.162. The van der Waals surface area contributed by atoms with Gasteiger partial charge in [0.25, 0.3) is 0 Å². The van der Waals surface area contributed by atoms with Gasteiger partial charge in [0.15, 0.2) is 0 Å². The summed E-state index contributed by atoms with van der Waals surface area (Å²) in [7, 11) is 0. The molecule has 0 rings (SSSR count). The van der Waals surface area contributed by atoms with Crippen LogP contribution in [0.2, 0.25) is 0 Å². The van der Waals surface area contributed by atoms with Gasteiger partial charge in [0, 0.05) is 19.4 Å². The average Bonchev–Trinajstić information content (AvgIpc) is 2.29. The van der Waals surface area contributed by atoms with Crippen molar-refractivity contribution >= 4 is 24.3 Å². The minimum atomic E-state index is -1.06. The molecule has 0 spiro atoms. The number of nitrogens with one attached hydrogen (secondary N) is 2. The van der Waals surface area contributed by atoms with E-state index in [0.29, 0.717) is 6.41 Å². The van der Waals surface area contributed by atoms with Crippen LogP contribution in [0.5, 0.6) is 0 Å². The zero-order valence-corrected chi connectivity index (χ0v) is 9.72. The summed E-state index contributed by atoms with van der Waals surface area (Å²) in [5, 5.41) is 21.5. The summed E-state index contributed by atoms with van der Waals surface area (Å²) >= 11 is 0. The van der Waals surface area contributed by atoms with E-state index in [1.807, 2.05) is 0 Å². The third kappa shape index (κ3) is 8.08. The molecule has 1 atom stereocenters. The van der Waals surface area contributed by atoms with Crippen molar-refractivity contribution in [3.05, 3.63) is 0 Å². The Hall–Kier alpha value is -2.12. The average molecular weight is 260 g/mol. The first-order valence-corrected chi connectivity index (χ1v) is 5.38. The molecule has 0 aromatic heterocycles.